The Morgan fingerprint density at radius 3 is 1.94 bits per heavy atom. The molecule has 0 aliphatic heterocycles. The van der Waals surface area contributed by atoms with Crippen LogP contribution in [0.25, 0.3) is 0 Å². The van der Waals surface area contributed by atoms with E-state index in [4.69, 9.17) is 4.89 Å². The van der Waals surface area contributed by atoms with E-state index in [1.807, 2.05) is 30.3 Å². The van der Waals surface area contributed by atoms with Crippen LogP contribution in [0.2, 0.25) is 0 Å². The maximum absolute atomic E-state index is 10.8. The van der Waals surface area contributed by atoms with Crippen molar-refractivity contribution in [3.8, 4) is 0 Å². The first kappa shape index (κ1) is 11.9. The van der Waals surface area contributed by atoms with Gasteiger partial charge in [-0.25, -0.2) is 0 Å². The summed E-state index contributed by atoms with van der Waals surface area (Å²) in [5, 5.41) is 10.5. The molecule has 2 aromatic carbocycles. The van der Waals surface area contributed by atoms with Gasteiger partial charge in [0.2, 0.25) is 5.30 Å². The van der Waals surface area contributed by atoms with Crippen LogP contribution < -0.4 is 5.30 Å². The summed E-state index contributed by atoms with van der Waals surface area (Å²) >= 11 is 0. The molecule has 2 unspecified atom stereocenters. The van der Waals surface area contributed by atoms with Gasteiger partial charge in [-0.05, 0) is 27.8 Å². The van der Waals surface area contributed by atoms with Gasteiger partial charge in [0.05, 0.1) is 0 Å². The van der Waals surface area contributed by atoms with Crippen molar-refractivity contribution < 1.29 is 14.6 Å². The molecule has 4 heteroatoms. The lowest BCUT2D eigenvalue weighted by molar-refractivity contribution is 0.220. The molecule has 3 nitrogen and oxygen atoms in total. The number of aliphatic hydroxyl groups is 1. The molecule has 2 atom stereocenters. The van der Waals surface area contributed by atoms with Crippen molar-refractivity contribution in [1.29, 1.82) is 0 Å². The monoisotopic (exact) mass is 247 g/mol. The van der Waals surface area contributed by atoms with Gasteiger partial charge in [0.25, 0.3) is 0 Å². The van der Waals surface area contributed by atoms with Crippen LogP contribution in [0, 0.1) is 0 Å². The van der Waals surface area contributed by atoms with Crippen molar-refractivity contribution in [1.82, 2.24) is 0 Å². The van der Waals surface area contributed by atoms with Crippen LogP contribution in [-0.4, -0.2) is 10.00 Å². The van der Waals surface area contributed by atoms with Crippen LogP contribution in [0.5, 0.6) is 0 Å². The van der Waals surface area contributed by atoms with Crippen LogP contribution in [0.4, 0.5) is 0 Å². The highest BCUT2D eigenvalue weighted by Crippen LogP contribution is 2.22. The molecule has 0 aromatic heterocycles. The summed E-state index contributed by atoms with van der Waals surface area (Å²) in [5.74, 6) is 0. The second kappa shape index (κ2) is 5.19. The van der Waals surface area contributed by atoms with Gasteiger partial charge in [0, 0.05) is 0 Å². The van der Waals surface area contributed by atoms with E-state index in [0.717, 1.165) is 5.56 Å². The first-order valence-electron chi connectivity index (χ1n) is 5.17. The van der Waals surface area contributed by atoms with Gasteiger partial charge >= 0.3 is 8.03 Å². The summed E-state index contributed by atoms with van der Waals surface area (Å²) < 4.78 is 10.8. The zero-order chi connectivity index (χ0) is 12.3. The lowest BCUT2D eigenvalue weighted by Gasteiger charge is -2.10. The molecule has 86 valence electrons. The molecule has 0 spiro atoms. The number of aliphatic hydroxyl groups excluding tert-OH is 1. The van der Waals surface area contributed by atoms with Crippen LogP contribution in [-0.2, 0) is 4.57 Å². The fourth-order valence-corrected chi connectivity index (χ4v) is 2.02. The van der Waals surface area contributed by atoms with Gasteiger partial charge < -0.3 is 5.11 Å². The van der Waals surface area contributed by atoms with E-state index >= 15 is 0 Å². The standard InChI is InChI=1S/C13H11O3P/c14-13(10-4-2-1-3-5-10)11-6-8-12(9-7-11)17(15)16/h1-9,13-14H/p+1. The van der Waals surface area contributed by atoms with Gasteiger partial charge in [0.1, 0.15) is 6.10 Å². The van der Waals surface area contributed by atoms with Gasteiger partial charge in [-0.2, -0.15) is 4.89 Å². The van der Waals surface area contributed by atoms with Crippen LogP contribution in [0.3, 0.4) is 0 Å². The van der Waals surface area contributed by atoms with Crippen LogP contribution in [0.15, 0.2) is 54.6 Å². The fraction of sp³-hybridized carbons (Fsp3) is 0.0769. The lowest BCUT2D eigenvalue weighted by atomic mass is 10.0. The largest absolute Gasteiger partial charge is 0.546 e. The first-order chi connectivity index (χ1) is 8.18. The second-order valence-corrected chi connectivity index (χ2v) is 4.74. The fourth-order valence-electron chi connectivity index (χ4n) is 1.61. The van der Waals surface area contributed by atoms with Crippen LogP contribution >= 0.6 is 8.03 Å². The SMILES string of the molecule is O=[P+](O)c1ccc(C(O)c2ccccc2)cc1. The Labute approximate surface area is 100 Å². The minimum absolute atomic E-state index is 0.365. The smallest absolute Gasteiger partial charge is 0.384 e. The first-order valence-corrected chi connectivity index (χ1v) is 6.39. The van der Waals surface area contributed by atoms with Crippen molar-refractivity contribution in [2.24, 2.45) is 0 Å². The minimum Gasteiger partial charge on any atom is -0.384 e. The van der Waals surface area contributed by atoms with Crippen LogP contribution in [0.1, 0.15) is 17.2 Å². The molecular weight excluding hydrogens is 235 g/mol. The summed E-state index contributed by atoms with van der Waals surface area (Å²) in [6.07, 6.45) is -0.707. The third kappa shape index (κ3) is 2.77. The zero-order valence-electron chi connectivity index (χ0n) is 9.02. The predicted octanol–water partition coefficient (Wildman–Crippen LogP) is 2.13. The van der Waals surface area contributed by atoms with Crippen molar-refractivity contribution in [2.75, 3.05) is 0 Å². The Balaban J connectivity index is 2.26. The molecule has 0 saturated heterocycles. The van der Waals surface area contributed by atoms with Crippen molar-refractivity contribution >= 4 is 13.3 Å². The Hall–Kier alpha value is -1.54. The Kier molecular flexibility index (Phi) is 3.64. The molecule has 2 rings (SSSR count). The Bertz CT molecular complexity index is 508. The number of hydrogen-bond acceptors (Lipinski definition) is 2. The molecule has 0 aliphatic rings. The van der Waals surface area contributed by atoms with E-state index in [0.29, 0.717) is 10.9 Å². The highest BCUT2D eigenvalue weighted by atomic mass is 31.1. The summed E-state index contributed by atoms with van der Waals surface area (Å²) in [7, 11) is -2.31. The molecule has 0 heterocycles. The molecule has 2 aromatic rings. The van der Waals surface area contributed by atoms with Crippen molar-refractivity contribution in [2.45, 2.75) is 6.10 Å². The second-order valence-electron chi connectivity index (χ2n) is 3.68. The highest BCUT2D eigenvalue weighted by molar-refractivity contribution is 7.47. The topological polar surface area (TPSA) is 57.5 Å². The molecule has 2 N–H and O–H groups in total. The van der Waals surface area contributed by atoms with Gasteiger partial charge in [0.15, 0.2) is 0 Å². The summed E-state index contributed by atoms with van der Waals surface area (Å²) in [4.78, 5) is 8.92. The van der Waals surface area contributed by atoms with Gasteiger partial charge in [-0.15, -0.1) is 0 Å². The third-order valence-corrected chi connectivity index (χ3v) is 3.28. The van der Waals surface area contributed by atoms with E-state index < -0.39 is 14.1 Å². The minimum atomic E-state index is -2.31. The summed E-state index contributed by atoms with van der Waals surface area (Å²) in [6, 6.07) is 15.7. The molecule has 0 aliphatic carbocycles. The highest BCUT2D eigenvalue weighted by Gasteiger charge is 2.17. The molecule has 0 amide bonds. The number of benzene rings is 2. The average Bonchev–Trinajstić information content (AvgIpc) is 2.39. The van der Waals surface area contributed by atoms with E-state index in [-0.39, 0.29) is 0 Å². The maximum atomic E-state index is 10.8. The van der Waals surface area contributed by atoms with Crippen molar-refractivity contribution in [3.63, 3.8) is 0 Å². The predicted molar refractivity (Wildman–Crippen MR) is 66.4 cm³/mol. The maximum Gasteiger partial charge on any atom is 0.546 e. The molecule has 0 radical (unpaired) electrons. The average molecular weight is 247 g/mol. The quantitative estimate of drug-likeness (QED) is 0.817. The molecule has 0 saturated carbocycles. The summed E-state index contributed by atoms with van der Waals surface area (Å²) in [5.41, 5.74) is 1.51. The molecular formula is C13H12O3P+. The number of rotatable bonds is 3. The Morgan fingerprint density at radius 2 is 1.41 bits per heavy atom. The lowest BCUT2D eigenvalue weighted by Crippen LogP contribution is -2.02. The van der Waals surface area contributed by atoms with E-state index in [9.17, 15) is 9.67 Å². The molecule has 17 heavy (non-hydrogen) atoms. The van der Waals surface area contributed by atoms with Gasteiger partial charge in [-0.3, -0.25) is 0 Å². The third-order valence-electron chi connectivity index (χ3n) is 2.55. The van der Waals surface area contributed by atoms with E-state index in [2.05, 4.69) is 0 Å². The van der Waals surface area contributed by atoms with E-state index in [1.165, 1.54) is 0 Å². The van der Waals surface area contributed by atoms with Gasteiger partial charge in [-0.1, -0.05) is 42.5 Å². The molecule has 0 fully saturated rings. The Morgan fingerprint density at radius 1 is 0.882 bits per heavy atom. The van der Waals surface area contributed by atoms with E-state index in [1.54, 1.807) is 24.3 Å². The zero-order valence-corrected chi connectivity index (χ0v) is 9.92. The van der Waals surface area contributed by atoms with Crippen molar-refractivity contribution in [3.05, 3.63) is 65.7 Å². The normalized spacial score (nSPS) is 13.2. The molecule has 0 bridgehead atoms. The number of hydrogen-bond donors (Lipinski definition) is 2. The summed E-state index contributed by atoms with van der Waals surface area (Å²) in [6.45, 7) is 0.